The maximum Gasteiger partial charge on any atom is 0.192 e. The molecule has 0 fully saturated rings. The van der Waals surface area contributed by atoms with E-state index in [0.717, 1.165) is 30.6 Å². The standard InChI is InChI=1S/C32H52O3Si/c1-12-26(15-13-25-14-16-28(21-33)23(2)19-25)27-17-18-29(24(3)20-27)34-22-30(31(4,5)6)35-36(10,11)32(7,8)9/h14,16-20,26,30,33H,12-13,15,21-22H2,1-11H3. The molecule has 0 saturated heterocycles. The summed E-state index contributed by atoms with van der Waals surface area (Å²) in [5.74, 6) is 1.47. The number of benzene rings is 2. The van der Waals surface area contributed by atoms with Crippen molar-refractivity contribution < 1.29 is 14.3 Å². The lowest BCUT2D eigenvalue weighted by molar-refractivity contribution is 0.0310. The molecule has 2 unspecified atom stereocenters. The summed E-state index contributed by atoms with van der Waals surface area (Å²) in [5.41, 5.74) is 6.11. The molecule has 0 heterocycles. The fraction of sp³-hybridized carbons (Fsp3) is 0.625. The van der Waals surface area contributed by atoms with E-state index in [0.29, 0.717) is 12.5 Å². The van der Waals surface area contributed by atoms with Gasteiger partial charge in [-0.15, -0.1) is 0 Å². The lowest BCUT2D eigenvalue weighted by Crippen LogP contribution is -2.49. The van der Waals surface area contributed by atoms with Crippen LogP contribution in [0.1, 0.15) is 95.0 Å². The second kappa shape index (κ2) is 12.3. The van der Waals surface area contributed by atoms with Crippen molar-refractivity contribution in [1.82, 2.24) is 0 Å². The van der Waals surface area contributed by atoms with Crippen LogP contribution in [-0.2, 0) is 17.5 Å². The first-order valence-corrected chi connectivity index (χ1v) is 16.6. The predicted octanol–water partition coefficient (Wildman–Crippen LogP) is 8.74. The van der Waals surface area contributed by atoms with E-state index in [4.69, 9.17) is 9.16 Å². The normalized spacial score (nSPS) is 14.6. The van der Waals surface area contributed by atoms with Gasteiger partial charge in [-0.2, -0.15) is 0 Å². The van der Waals surface area contributed by atoms with Crippen molar-refractivity contribution in [2.45, 2.75) is 118 Å². The van der Waals surface area contributed by atoms with Gasteiger partial charge in [0.05, 0.1) is 12.7 Å². The third-order valence-corrected chi connectivity index (χ3v) is 12.6. The fourth-order valence-electron chi connectivity index (χ4n) is 4.29. The highest BCUT2D eigenvalue weighted by Crippen LogP contribution is 2.40. The number of rotatable bonds is 11. The number of hydrogen-bond acceptors (Lipinski definition) is 3. The highest BCUT2D eigenvalue weighted by molar-refractivity contribution is 6.74. The predicted molar refractivity (Wildman–Crippen MR) is 157 cm³/mol. The van der Waals surface area contributed by atoms with Gasteiger partial charge in [0.15, 0.2) is 8.32 Å². The average Bonchev–Trinajstić information content (AvgIpc) is 2.76. The maximum atomic E-state index is 9.44. The summed E-state index contributed by atoms with van der Waals surface area (Å²) < 4.78 is 13.2. The number of hydrogen-bond donors (Lipinski definition) is 1. The number of ether oxygens (including phenoxy) is 1. The summed E-state index contributed by atoms with van der Waals surface area (Å²) in [6.45, 7) is 25.4. The van der Waals surface area contributed by atoms with Crippen LogP contribution in [0.3, 0.4) is 0 Å². The molecule has 36 heavy (non-hydrogen) atoms. The molecule has 2 aromatic carbocycles. The summed E-state index contributed by atoms with van der Waals surface area (Å²) in [5, 5.41) is 9.61. The van der Waals surface area contributed by atoms with E-state index in [-0.39, 0.29) is 23.2 Å². The third-order valence-electron chi connectivity index (χ3n) is 8.12. The lowest BCUT2D eigenvalue weighted by atomic mass is 9.88. The van der Waals surface area contributed by atoms with Crippen molar-refractivity contribution in [1.29, 1.82) is 0 Å². The first kappa shape index (κ1) is 30.6. The highest BCUT2D eigenvalue weighted by Gasteiger charge is 2.42. The Kier molecular flexibility index (Phi) is 10.4. The molecule has 0 spiro atoms. The summed E-state index contributed by atoms with van der Waals surface area (Å²) in [6, 6.07) is 13.1. The van der Waals surface area contributed by atoms with Crippen LogP contribution in [0, 0.1) is 19.3 Å². The molecule has 0 saturated carbocycles. The molecule has 3 nitrogen and oxygen atoms in total. The van der Waals surface area contributed by atoms with Crippen LogP contribution in [0.15, 0.2) is 36.4 Å². The zero-order valence-corrected chi connectivity index (χ0v) is 25.9. The van der Waals surface area contributed by atoms with Crippen molar-refractivity contribution >= 4 is 8.32 Å². The van der Waals surface area contributed by atoms with Crippen molar-refractivity contribution in [3.05, 3.63) is 64.2 Å². The third kappa shape index (κ3) is 8.19. The van der Waals surface area contributed by atoms with Crippen molar-refractivity contribution in [3.8, 4) is 5.75 Å². The highest BCUT2D eigenvalue weighted by atomic mass is 28.4. The SMILES string of the molecule is CCC(CCc1ccc(CO)c(C)c1)c1ccc(OCC(O[Si](C)(C)C(C)(C)C)C(C)(C)C)c(C)c1. The molecule has 2 atom stereocenters. The molecule has 202 valence electrons. The van der Waals surface area contributed by atoms with Crippen LogP contribution in [0.5, 0.6) is 5.75 Å². The quantitative estimate of drug-likeness (QED) is 0.306. The molecule has 0 aliphatic heterocycles. The second-order valence-electron chi connectivity index (χ2n) is 13.1. The van der Waals surface area contributed by atoms with E-state index in [1.54, 1.807) is 0 Å². The fourth-order valence-corrected chi connectivity index (χ4v) is 5.77. The number of aliphatic hydroxyl groups excluding tert-OH is 1. The number of aliphatic hydroxyl groups is 1. The van der Waals surface area contributed by atoms with Gasteiger partial charge in [-0.05, 0) is 96.5 Å². The Morgan fingerprint density at radius 3 is 2.08 bits per heavy atom. The molecule has 0 aliphatic carbocycles. The Hall–Kier alpha value is -1.62. The van der Waals surface area contributed by atoms with Crippen LogP contribution >= 0.6 is 0 Å². The largest absolute Gasteiger partial charge is 0.491 e. The van der Waals surface area contributed by atoms with E-state index in [1.807, 2.05) is 0 Å². The average molecular weight is 513 g/mol. The van der Waals surface area contributed by atoms with Crippen molar-refractivity contribution in [2.75, 3.05) is 6.61 Å². The minimum absolute atomic E-state index is 0.00437. The van der Waals surface area contributed by atoms with E-state index in [2.05, 4.69) is 112 Å². The minimum Gasteiger partial charge on any atom is -0.491 e. The van der Waals surface area contributed by atoms with Crippen LogP contribution in [-0.4, -0.2) is 26.1 Å². The van der Waals surface area contributed by atoms with Gasteiger partial charge in [0, 0.05) is 0 Å². The molecular formula is C32H52O3Si. The Labute approximate surface area is 222 Å². The van der Waals surface area contributed by atoms with E-state index in [1.165, 1.54) is 22.3 Å². The molecule has 0 aromatic heterocycles. The topological polar surface area (TPSA) is 38.7 Å². The zero-order valence-electron chi connectivity index (χ0n) is 24.9. The van der Waals surface area contributed by atoms with Crippen LogP contribution < -0.4 is 4.74 Å². The molecular weight excluding hydrogens is 460 g/mol. The van der Waals surface area contributed by atoms with Crippen LogP contribution in [0.2, 0.25) is 18.1 Å². The molecule has 2 aromatic rings. The van der Waals surface area contributed by atoms with Gasteiger partial charge < -0.3 is 14.3 Å². The van der Waals surface area contributed by atoms with Gasteiger partial charge in [-0.3, -0.25) is 0 Å². The van der Waals surface area contributed by atoms with Crippen molar-refractivity contribution in [3.63, 3.8) is 0 Å². The first-order valence-electron chi connectivity index (χ1n) is 13.7. The molecule has 4 heteroatoms. The number of aryl methyl sites for hydroxylation is 3. The van der Waals surface area contributed by atoms with Crippen LogP contribution in [0.4, 0.5) is 0 Å². The smallest absolute Gasteiger partial charge is 0.192 e. The van der Waals surface area contributed by atoms with Gasteiger partial charge >= 0.3 is 0 Å². The summed E-state index contributed by atoms with van der Waals surface area (Å²) in [6.07, 6.45) is 3.31. The molecule has 1 N–H and O–H groups in total. The summed E-state index contributed by atoms with van der Waals surface area (Å²) >= 11 is 0. The van der Waals surface area contributed by atoms with Crippen molar-refractivity contribution in [2.24, 2.45) is 5.41 Å². The van der Waals surface area contributed by atoms with Gasteiger partial charge in [-0.25, -0.2) is 0 Å². The maximum absolute atomic E-state index is 9.44. The van der Waals surface area contributed by atoms with Crippen LogP contribution in [0.25, 0.3) is 0 Å². The lowest BCUT2D eigenvalue weighted by Gasteiger charge is -2.43. The molecule has 0 radical (unpaired) electrons. The Bertz CT molecular complexity index is 982. The van der Waals surface area contributed by atoms with Gasteiger partial charge in [0.2, 0.25) is 0 Å². The second-order valence-corrected chi connectivity index (χ2v) is 17.9. The first-order chi connectivity index (χ1) is 16.6. The zero-order chi connectivity index (χ0) is 27.3. The molecule has 2 rings (SSSR count). The molecule has 0 aliphatic rings. The molecule has 0 amide bonds. The Morgan fingerprint density at radius 2 is 1.58 bits per heavy atom. The van der Waals surface area contributed by atoms with E-state index in [9.17, 15) is 5.11 Å². The minimum atomic E-state index is -1.90. The van der Waals surface area contributed by atoms with Gasteiger partial charge in [0.1, 0.15) is 12.4 Å². The van der Waals surface area contributed by atoms with E-state index >= 15 is 0 Å². The van der Waals surface area contributed by atoms with Gasteiger partial charge in [-0.1, -0.05) is 78.8 Å². The van der Waals surface area contributed by atoms with Gasteiger partial charge in [0.25, 0.3) is 0 Å². The Balaban J connectivity index is 2.09. The monoisotopic (exact) mass is 512 g/mol. The molecule has 0 bridgehead atoms. The Morgan fingerprint density at radius 1 is 0.917 bits per heavy atom. The van der Waals surface area contributed by atoms with E-state index < -0.39 is 8.32 Å². The summed E-state index contributed by atoms with van der Waals surface area (Å²) in [7, 11) is -1.90. The summed E-state index contributed by atoms with van der Waals surface area (Å²) in [4.78, 5) is 0.